The van der Waals surface area contributed by atoms with Gasteiger partial charge in [-0.05, 0) is 39.2 Å². The molecule has 0 aromatic rings. The Morgan fingerprint density at radius 2 is 1.52 bits per heavy atom. The topological polar surface area (TPSA) is 69.6 Å². The van der Waals surface area contributed by atoms with E-state index in [2.05, 4.69) is 31.3 Å². The standard InChI is InChI=1S/C25H39NO3/c1-18(2)15-21(5)24(28)22(6)16-19(3)13-11-9-8-10-12-14-20(4)25(29)26-23(7)17-27/h8-16,18,22-24,27-28H,17H2,1-7H3,(H,26,29)/b9-8-,12-10+,13-11+,19-16+,20-14+,21-15+/t22-,23+,24+/m1/s1. The van der Waals surface area contributed by atoms with Crippen LogP contribution in [0.5, 0.6) is 0 Å². The molecule has 4 nitrogen and oxygen atoms in total. The Kier molecular flexibility index (Phi) is 13.7. The summed E-state index contributed by atoms with van der Waals surface area (Å²) < 4.78 is 0. The van der Waals surface area contributed by atoms with E-state index in [0.29, 0.717) is 11.5 Å². The van der Waals surface area contributed by atoms with E-state index in [1.807, 2.05) is 51.2 Å². The van der Waals surface area contributed by atoms with Gasteiger partial charge in [-0.1, -0.05) is 81.0 Å². The van der Waals surface area contributed by atoms with Gasteiger partial charge in [-0.3, -0.25) is 4.79 Å². The first-order valence-electron chi connectivity index (χ1n) is 10.2. The van der Waals surface area contributed by atoms with Crippen molar-refractivity contribution in [2.75, 3.05) is 6.61 Å². The van der Waals surface area contributed by atoms with Crippen molar-refractivity contribution in [3.63, 3.8) is 0 Å². The molecule has 4 heteroatoms. The smallest absolute Gasteiger partial charge is 0.247 e. The number of hydrogen-bond donors (Lipinski definition) is 3. The summed E-state index contributed by atoms with van der Waals surface area (Å²) in [6, 6.07) is -0.255. The van der Waals surface area contributed by atoms with Crippen LogP contribution < -0.4 is 5.32 Å². The van der Waals surface area contributed by atoms with E-state index in [1.165, 1.54) is 0 Å². The molecule has 0 rings (SSSR count). The third-order valence-corrected chi connectivity index (χ3v) is 4.25. The van der Waals surface area contributed by atoms with Crippen molar-refractivity contribution in [2.24, 2.45) is 11.8 Å². The van der Waals surface area contributed by atoms with Gasteiger partial charge >= 0.3 is 0 Å². The second-order valence-corrected chi connectivity index (χ2v) is 7.91. The number of hydrogen-bond acceptors (Lipinski definition) is 3. The van der Waals surface area contributed by atoms with E-state index in [1.54, 1.807) is 26.0 Å². The van der Waals surface area contributed by atoms with Gasteiger partial charge in [-0.2, -0.15) is 0 Å². The molecule has 0 fully saturated rings. The monoisotopic (exact) mass is 401 g/mol. The lowest BCUT2D eigenvalue weighted by atomic mass is 9.94. The van der Waals surface area contributed by atoms with E-state index < -0.39 is 6.10 Å². The van der Waals surface area contributed by atoms with Crippen LogP contribution >= 0.6 is 0 Å². The van der Waals surface area contributed by atoms with Gasteiger partial charge in [-0.15, -0.1) is 0 Å². The van der Waals surface area contributed by atoms with Crippen LogP contribution in [0.4, 0.5) is 0 Å². The number of nitrogens with one attached hydrogen (secondary N) is 1. The zero-order chi connectivity index (χ0) is 22.4. The zero-order valence-corrected chi connectivity index (χ0v) is 19.0. The van der Waals surface area contributed by atoms with Crippen LogP contribution in [-0.2, 0) is 4.79 Å². The van der Waals surface area contributed by atoms with Gasteiger partial charge < -0.3 is 15.5 Å². The minimum atomic E-state index is -0.466. The van der Waals surface area contributed by atoms with Crippen molar-refractivity contribution >= 4 is 5.91 Å². The molecule has 0 radical (unpaired) electrons. The van der Waals surface area contributed by atoms with Crippen LogP contribution in [0.3, 0.4) is 0 Å². The Labute approximate surface area is 177 Å². The summed E-state index contributed by atoms with van der Waals surface area (Å²) in [6.07, 6.45) is 16.8. The third kappa shape index (κ3) is 12.8. The molecule has 3 N–H and O–H groups in total. The fourth-order valence-corrected chi connectivity index (χ4v) is 2.66. The van der Waals surface area contributed by atoms with E-state index in [4.69, 9.17) is 5.11 Å². The molecule has 0 aromatic heterocycles. The highest BCUT2D eigenvalue weighted by Crippen LogP contribution is 2.17. The van der Waals surface area contributed by atoms with Crippen LogP contribution in [0.1, 0.15) is 48.5 Å². The van der Waals surface area contributed by atoms with Crippen LogP contribution in [0, 0.1) is 11.8 Å². The number of aliphatic hydroxyl groups is 2. The molecule has 0 bridgehead atoms. The molecule has 0 aromatic carbocycles. The lowest BCUT2D eigenvalue weighted by Gasteiger charge is -2.18. The molecule has 0 aliphatic rings. The maximum absolute atomic E-state index is 11.8. The summed E-state index contributed by atoms with van der Waals surface area (Å²) in [7, 11) is 0. The van der Waals surface area contributed by atoms with Gasteiger partial charge in [0.15, 0.2) is 0 Å². The molecule has 0 aliphatic carbocycles. The Balaban J connectivity index is 4.65. The molecule has 0 heterocycles. The Morgan fingerprint density at radius 3 is 2.10 bits per heavy atom. The molecule has 0 saturated heterocycles. The predicted molar refractivity (Wildman–Crippen MR) is 123 cm³/mol. The number of allylic oxidation sites excluding steroid dienone is 9. The highest BCUT2D eigenvalue weighted by molar-refractivity contribution is 5.93. The minimum absolute atomic E-state index is 0.0475. The summed E-state index contributed by atoms with van der Waals surface area (Å²) >= 11 is 0. The van der Waals surface area contributed by atoms with Gasteiger partial charge in [0.05, 0.1) is 12.7 Å². The number of rotatable bonds is 11. The lowest BCUT2D eigenvalue weighted by molar-refractivity contribution is -0.118. The van der Waals surface area contributed by atoms with Gasteiger partial charge in [0.2, 0.25) is 5.91 Å². The first kappa shape index (κ1) is 26.8. The van der Waals surface area contributed by atoms with Crippen LogP contribution in [0.15, 0.2) is 71.4 Å². The Hall–Kier alpha value is -2.17. The van der Waals surface area contributed by atoms with Crippen LogP contribution in [-0.4, -0.2) is 34.9 Å². The Bertz CT molecular complexity index is 678. The molecule has 0 spiro atoms. The second-order valence-electron chi connectivity index (χ2n) is 7.91. The summed E-state index contributed by atoms with van der Waals surface area (Å²) in [5.74, 6) is 0.291. The first-order chi connectivity index (χ1) is 13.6. The van der Waals surface area contributed by atoms with Gasteiger partial charge in [-0.25, -0.2) is 0 Å². The van der Waals surface area contributed by atoms with Crippen molar-refractivity contribution in [1.29, 1.82) is 0 Å². The van der Waals surface area contributed by atoms with Crippen LogP contribution in [0.25, 0.3) is 0 Å². The summed E-state index contributed by atoms with van der Waals surface area (Å²) in [4.78, 5) is 11.8. The number of aliphatic hydroxyl groups excluding tert-OH is 2. The molecule has 3 atom stereocenters. The van der Waals surface area contributed by atoms with E-state index in [0.717, 1.165) is 11.1 Å². The van der Waals surface area contributed by atoms with Gasteiger partial charge in [0, 0.05) is 17.5 Å². The SMILES string of the molecule is CC(/C=C/C=C\C=C\C=C(/C)C(=O)N[C@@H](C)CO)=C\[C@@H](C)[C@@H](O)/C(C)=C/C(C)C. The second kappa shape index (κ2) is 14.8. The number of amides is 1. The average molecular weight is 402 g/mol. The molecular weight excluding hydrogens is 362 g/mol. The van der Waals surface area contributed by atoms with E-state index in [9.17, 15) is 9.90 Å². The number of carbonyl (C=O) groups is 1. The molecule has 0 unspecified atom stereocenters. The van der Waals surface area contributed by atoms with Crippen molar-refractivity contribution in [2.45, 2.75) is 60.6 Å². The van der Waals surface area contributed by atoms with Crippen molar-refractivity contribution < 1.29 is 15.0 Å². The van der Waals surface area contributed by atoms with Crippen molar-refractivity contribution in [3.05, 3.63) is 71.4 Å². The summed E-state index contributed by atoms with van der Waals surface area (Å²) in [5.41, 5.74) is 2.68. The minimum Gasteiger partial charge on any atom is -0.394 e. The highest BCUT2D eigenvalue weighted by atomic mass is 16.3. The molecular formula is C25H39NO3. The zero-order valence-electron chi connectivity index (χ0n) is 19.0. The quantitative estimate of drug-likeness (QED) is 0.268. The fraction of sp³-hybridized carbons (Fsp3) is 0.480. The van der Waals surface area contributed by atoms with Gasteiger partial charge in [0.1, 0.15) is 0 Å². The molecule has 162 valence electrons. The lowest BCUT2D eigenvalue weighted by Crippen LogP contribution is -2.35. The maximum atomic E-state index is 11.8. The van der Waals surface area contributed by atoms with E-state index in [-0.39, 0.29) is 24.5 Å². The summed E-state index contributed by atoms with van der Waals surface area (Å²) in [5, 5.41) is 22.0. The first-order valence-corrected chi connectivity index (χ1v) is 10.2. The largest absolute Gasteiger partial charge is 0.394 e. The molecule has 0 saturated carbocycles. The molecule has 0 aliphatic heterocycles. The normalized spacial score (nSPS) is 17.5. The third-order valence-electron chi connectivity index (χ3n) is 4.25. The molecule has 29 heavy (non-hydrogen) atoms. The highest BCUT2D eigenvalue weighted by Gasteiger charge is 2.13. The maximum Gasteiger partial charge on any atom is 0.247 e. The number of carbonyl (C=O) groups excluding carboxylic acids is 1. The predicted octanol–water partition coefficient (Wildman–Crippen LogP) is 4.64. The fourth-order valence-electron chi connectivity index (χ4n) is 2.66. The van der Waals surface area contributed by atoms with Crippen molar-refractivity contribution in [3.8, 4) is 0 Å². The van der Waals surface area contributed by atoms with E-state index >= 15 is 0 Å². The average Bonchev–Trinajstić information content (AvgIpc) is 2.65. The van der Waals surface area contributed by atoms with Gasteiger partial charge in [0.25, 0.3) is 0 Å². The van der Waals surface area contributed by atoms with Crippen LogP contribution in [0.2, 0.25) is 0 Å². The summed E-state index contributed by atoms with van der Waals surface area (Å²) in [6.45, 7) is 13.6. The van der Waals surface area contributed by atoms with Crippen molar-refractivity contribution in [1.82, 2.24) is 5.32 Å². The molecule has 1 amide bonds. The Morgan fingerprint density at radius 1 is 0.931 bits per heavy atom.